The van der Waals surface area contributed by atoms with Gasteiger partial charge in [-0.05, 0) is 32.6 Å². The van der Waals surface area contributed by atoms with Gasteiger partial charge in [0.2, 0.25) is 0 Å². The molecular formula is C14H19N3O2. The van der Waals surface area contributed by atoms with Gasteiger partial charge >= 0.3 is 0 Å². The van der Waals surface area contributed by atoms with E-state index < -0.39 is 0 Å². The van der Waals surface area contributed by atoms with Crippen molar-refractivity contribution in [1.29, 1.82) is 0 Å². The van der Waals surface area contributed by atoms with E-state index in [-0.39, 0.29) is 11.9 Å². The number of carbonyl (C=O) groups is 1. The smallest absolute Gasteiger partial charge is 0.268 e. The summed E-state index contributed by atoms with van der Waals surface area (Å²) in [6, 6.07) is 4.19. The Labute approximate surface area is 111 Å². The van der Waals surface area contributed by atoms with Crippen molar-refractivity contribution in [3.8, 4) is 0 Å². The van der Waals surface area contributed by atoms with Crippen molar-refractivity contribution in [3.05, 3.63) is 23.6 Å². The zero-order valence-corrected chi connectivity index (χ0v) is 11.0. The fraction of sp³-hybridized carbons (Fsp3) is 0.500. The number of nitrogens with one attached hydrogen (secondary N) is 2. The summed E-state index contributed by atoms with van der Waals surface area (Å²) in [4.78, 5) is 15.2. The zero-order chi connectivity index (χ0) is 13.4. The number of H-pyrrole nitrogens is 1. The lowest BCUT2D eigenvalue weighted by atomic mass is 9.92. The van der Waals surface area contributed by atoms with Crippen molar-refractivity contribution in [1.82, 2.24) is 10.3 Å². The van der Waals surface area contributed by atoms with Crippen molar-refractivity contribution < 1.29 is 9.21 Å². The number of carbonyl (C=O) groups excluding carboxylic acids is 1. The van der Waals surface area contributed by atoms with Crippen LogP contribution in [0, 0.1) is 6.92 Å². The summed E-state index contributed by atoms with van der Waals surface area (Å²) >= 11 is 0. The lowest BCUT2D eigenvalue weighted by molar-refractivity contribution is 0.0921. The molecule has 0 unspecified atom stereocenters. The second-order valence-electron chi connectivity index (χ2n) is 5.40. The summed E-state index contributed by atoms with van der Waals surface area (Å²) in [6.07, 6.45) is 3.89. The molecule has 0 radical (unpaired) electrons. The normalized spacial score (nSPS) is 23.7. The van der Waals surface area contributed by atoms with Gasteiger partial charge in [0.05, 0.1) is 5.52 Å². The summed E-state index contributed by atoms with van der Waals surface area (Å²) in [7, 11) is 0. The number of furan rings is 1. The van der Waals surface area contributed by atoms with Gasteiger partial charge in [-0.2, -0.15) is 0 Å². The van der Waals surface area contributed by atoms with Gasteiger partial charge in [-0.3, -0.25) is 4.79 Å². The number of amides is 1. The molecule has 1 aliphatic rings. The molecule has 1 aliphatic carbocycles. The van der Waals surface area contributed by atoms with Crippen LogP contribution in [0.2, 0.25) is 0 Å². The summed E-state index contributed by atoms with van der Waals surface area (Å²) in [5.41, 5.74) is 8.02. The van der Waals surface area contributed by atoms with E-state index in [1.54, 1.807) is 6.07 Å². The Kier molecular flexibility index (Phi) is 3.06. The quantitative estimate of drug-likeness (QED) is 0.773. The molecule has 102 valence electrons. The second-order valence-corrected chi connectivity index (χ2v) is 5.40. The minimum absolute atomic E-state index is 0.0653. The molecule has 1 fully saturated rings. The standard InChI is InChI=1S/C14H19N3O2/c1-8-6-11-13(19-8)7-12(17-11)14(18)16-10-4-2-9(15)3-5-10/h6-7,9-10,17H,2-5,15H2,1H3,(H,16,18). The Morgan fingerprint density at radius 3 is 2.79 bits per heavy atom. The molecule has 3 rings (SSSR count). The van der Waals surface area contributed by atoms with E-state index >= 15 is 0 Å². The molecule has 5 heteroatoms. The van der Waals surface area contributed by atoms with E-state index in [1.165, 1.54) is 0 Å². The Balaban J connectivity index is 1.67. The molecule has 2 heterocycles. The first-order chi connectivity index (χ1) is 9.11. The molecule has 0 saturated heterocycles. The van der Waals surface area contributed by atoms with Crippen molar-refractivity contribution in [2.24, 2.45) is 5.73 Å². The third kappa shape index (κ3) is 2.51. The van der Waals surface area contributed by atoms with Gasteiger partial charge in [0.15, 0.2) is 5.58 Å². The largest absolute Gasteiger partial charge is 0.460 e. The zero-order valence-electron chi connectivity index (χ0n) is 11.0. The highest BCUT2D eigenvalue weighted by Gasteiger charge is 2.21. The monoisotopic (exact) mass is 261 g/mol. The maximum atomic E-state index is 12.1. The van der Waals surface area contributed by atoms with Crippen LogP contribution in [0.1, 0.15) is 41.9 Å². The molecule has 0 bridgehead atoms. The van der Waals surface area contributed by atoms with E-state index in [0.29, 0.717) is 11.7 Å². The van der Waals surface area contributed by atoms with Crippen LogP contribution in [0.25, 0.3) is 11.1 Å². The predicted molar refractivity (Wildman–Crippen MR) is 73.0 cm³/mol. The highest BCUT2D eigenvalue weighted by atomic mass is 16.3. The van der Waals surface area contributed by atoms with E-state index in [2.05, 4.69) is 10.3 Å². The fourth-order valence-electron chi connectivity index (χ4n) is 2.70. The highest BCUT2D eigenvalue weighted by molar-refractivity contribution is 5.97. The van der Waals surface area contributed by atoms with Crippen LogP contribution in [0.5, 0.6) is 0 Å². The Morgan fingerprint density at radius 1 is 1.37 bits per heavy atom. The highest BCUT2D eigenvalue weighted by Crippen LogP contribution is 2.21. The summed E-state index contributed by atoms with van der Waals surface area (Å²) in [5, 5.41) is 3.05. The van der Waals surface area contributed by atoms with Crippen LogP contribution in [-0.4, -0.2) is 23.0 Å². The van der Waals surface area contributed by atoms with Crippen LogP contribution in [0.3, 0.4) is 0 Å². The van der Waals surface area contributed by atoms with Crippen LogP contribution < -0.4 is 11.1 Å². The molecule has 0 atom stereocenters. The van der Waals surface area contributed by atoms with Crippen molar-refractivity contribution in [2.45, 2.75) is 44.7 Å². The minimum Gasteiger partial charge on any atom is -0.460 e. The maximum Gasteiger partial charge on any atom is 0.268 e. The molecule has 0 spiro atoms. The maximum absolute atomic E-state index is 12.1. The number of hydrogen-bond acceptors (Lipinski definition) is 3. The molecular weight excluding hydrogens is 242 g/mol. The number of aromatic nitrogens is 1. The molecule has 5 nitrogen and oxygen atoms in total. The van der Waals surface area contributed by atoms with Crippen molar-refractivity contribution >= 4 is 17.0 Å². The number of aryl methyl sites for hydroxylation is 1. The molecule has 19 heavy (non-hydrogen) atoms. The van der Waals surface area contributed by atoms with Crippen LogP contribution in [-0.2, 0) is 0 Å². The number of fused-ring (bicyclic) bond motifs is 1. The Morgan fingerprint density at radius 2 is 2.11 bits per heavy atom. The lowest BCUT2D eigenvalue weighted by Gasteiger charge is -2.26. The van der Waals surface area contributed by atoms with Gasteiger partial charge in [-0.1, -0.05) is 0 Å². The molecule has 1 saturated carbocycles. The first kappa shape index (κ1) is 12.3. The van der Waals surface area contributed by atoms with Gasteiger partial charge in [-0.15, -0.1) is 0 Å². The summed E-state index contributed by atoms with van der Waals surface area (Å²) in [6.45, 7) is 1.89. The van der Waals surface area contributed by atoms with Crippen LogP contribution >= 0.6 is 0 Å². The molecule has 2 aromatic heterocycles. The molecule has 0 aliphatic heterocycles. The first-order valence-corrected chi connectivity index (χ1v) is 6.77. The number of nitrogens with two attached hydrogens (primary N) is 1. The van der Waals surface area contributed by atoms with Gasteiger partial charge in [-0.25, -0.2) is 0 Å². The van der Waals surface area contributed by atoms with Crippen LogP contribution in [0.4, 0.5) is 0 Å². The van der Waals surface area contributed by atoms with E-state index in [0.717, 1.165) is 42.5 Å². The second kappa shape index (κ2) is 4.74. The van der Waals surface area contributed by atoms with Gasteiger partial charge < -0.3 is 20.5 Å². The predicted octanol–water partition coefficient (Wildman–Crippen LogP) is 2.07. The first-order valence-electron chi connectivity index (χ1n) is 6.77. The van der Waals surface area contributed by atoms with Gasteiger partial charge in [0.25, 0.3) is 5.91 Å². The van der Waals surface area contributed by atoms with E-state index in [9.17, 15) is 4.79 Å². The number of hydrogen-bond donors (Lipinski definition) is 3. The number of rotatable bonds is 2. The Bertz CT molecular complexity index is 559. The lowest BCUT2D eigenvalue weighted by Crippen LogP contribution is -2.40. The third-order valence-corrected chi connectivity index (χ3v) is 3.78. The topological polar surface area (TPSA) is 84.0 Å². The van der Waals surface area contributed by atoms with E-state index in [4.69, 9.17) is 10.2 Å². The van der Waals surface area contributed by atoms with Crippen molar-refractivity contribution in [3.63, 3.8) is 0 Å². The molecule has 4 N–H and O–H groups in total. The minimum atomic E-state index is -0.0653. The van der Waals surface area contributed by atoms with Gasteiger partial charge in [0, 0.05) is 24.2 Å². The molecule has 1 amide bonds. The SMILES string of the molecule is Cc1cc2[nH]c(C(=O)NC3CCC(N)CC3)cc2o1. The average molecular weight is 261 g/mol. The third-order valence-electron chi connectivity index (χ3n) is 3.78. The van der Waals surface area contributed by atoms with Crippen molar-refractivity contribution in [2.75, 3.05) is 0 Å². The summed E-state index contributed by atoms with van der Waals surface area (Å²) < 4.78 is 5.47. The average Bonchev–Trinajstić information content (AvgIpc) is 2.89. The summed E-state index contributed by atoms with van der Waals surface area (Å²) in [5.74, 6) is 0.777. The number of aromatic amines is 1. The Hall–Kier alpha value is -1.75. The van der Waals surface area contributed by atoms with Crippen LogP contribution in [0.15, 0.2) is 16.5 Å². The van der Waals surface area contributed by atoms with Gasteiger partial charge in [0.1, 0.15) is 11.5 Å². The fourth-order valence-corrected chi connectivity index (χ4v) is 2.70. The molecule has 0 aromatic carbocycles. The molecule has 2 aromatic rings. The van der Waals surface area contributed by atoms with E-state index in [1.807, 2.05) is 13.0 Å².